The monoisotopic (exact) mass is 414 g/mol. The molecule has 0 saturated heterocycles. The van der Waals surface area contributed by atoms with Crippen LogP contribution >= 0.6 is 11.8 Å². The summed E-state index contributed by atoms with van der Waals surface area (Å²) in [5, 5.41) is 17.5. The average Bonchev–Trinajstić information content (AvgIpc) is 3.17. The number of nitrogens with one attached hydrogen (secondary N) is 2. The van der Waals surface area contributed by atoms with Crippen molar-refractivity contribution in [1.82, 2.24) is 15.2 Å². The molecule has 9 heteroatoms. The number of anilines is 1. The van der Waals surface area contributed by atoms with E-state index in [9.17, 15) is 13.5 Å². The summed E-state index contributed by atoms with van der Waals surface area (Å²) < 4.78 is 28.2. The highest BCUT2D eigenvalue weighted by molar-refractivity contribution is 7.99. The Hall–Kier alpha value is -3.04. The van der Waals surface area contributed by atoms with Crippen molar-refractivity contribution in [1.29, 1.82) is 0 Å². The fourth-order valence-corrected chi connectivity index (χ4v) is 4.40. The smallest absolute Gasteiger partial charge is 0.261 e. The molecule has 0 saturated carbocycles. The lowest BCUT2D eigenvalue weighted by Crippen LogP contribution is -2.14. The van der Waals surface area contributed by atoms with Crippen molar-refractivity contribution in [2.45, 2.75) is 21.9 Å². The van der Waals surface area contributed by atoms with Gasteiger partial charge in [-0.25, -0.2) is 13.4 Å². The van der Waals surface area contributed by atoms with Gasteiger partial charge in [-0.1, -0.05) is 43.0 Å². The van der Waals surface area contributed by atoms with Crippen LogP contribution in [-0.2, 0) is 10.0 Å². The second-order valence-corrected chi connectivity index (χ2v) is 8.53. The van der Waals surface area contributed by atoms with Crippen LogP contribution < -0.4 is 4.72 Å². The van der Waals surface area contributed by atoms with Crippen LogP contribution in [0.3, 0.4) is 0 Å². The first-order chi connectivity index (χ1) is 13.4. The molecule has 0 unspecified atom stereocenters. The number of aromatic nitrogens is 3. The Morgan fingerprint density at radius 1 is 1.18 bits per heavy atom. The summed E-state index contributed by atoms with van der Waals surface area (Å²) in [5.41, 5.74) is 2.01. The molecule has 0 aliphatic rings. The van der Waals surface area contributed by atoms with Crippen molar-refractivity contribution in [2.24, 2.45) is 0 Å². The zero-order chi connectivity index (χ0) is 20.3. The number of aromatic hydroxyl groups is 1. The van der Waals surface area contributed by atoms with Crippen LogP contribution in [0.4, 0.5) is 5.69 Å². The maximum absolute atomic E-state index is 12.8. The molecule has 28 heavy (non-hydrogen) atoms. The van der Waals surface area contributed by atoms with E-state index in [4.69, 9.17) is 0 Å². The third-order valence-electron chi connectivity index (χ3n) is 3.93. The summed E-state index contributed by atoms with van der Waals surface area (Å²) in [6.07, 6.45) is 4.25. The lowest BCUT2D eigenvalue weighted by molar-refractivity contribution is 0.461. The number of benzene rings is 2. The van der Waals surface area contributed by atoms with Crippen LogP contribution in [-0.4, -0.2) is 28.7 Å². The Balaban J connectivity index is 2.09. The molecule has 3 N–H and O–H groups in total. The van der Waals surface area contributed by atoms with Gasteiger partial charge in [-0.05, 0) is 36.9 Å². The maximum atomic E-state index is 12.8. The number of H-pyrrole nitrogens is 1. The molecule has 0 fully saturated rings. The summed E-state index contributed by atoms with van der Waals surface area (Å²) >= 11 is 1.11. The molecule has 0 atom stereocenters. The number of sulfonamides is 1. The Morgan fingerprint density at radius 3 is 2.43 bits per heavy atom. The zero-order valence-corrected chi connectivity index (χ0v) is 16.6. The minimum Gasteiger partial charge on any atom is -0.506 e. The molecule has 2 aromatic carbocycles. The van der Waals surface area contributed by atoms with Gasteiger partial charge < -0.3 is 5.11 Å². The predicted molar refractivity (Wildman–Crippen MR) is 111 cm³/mol. The number of hydrogen-bond acceptors (Lipinski definition) is 6. The van der Waals surface area contributed by atoms with Crippen molar-refractivity contribution in [3.63, 3.8) is 0 Å². The summed E-state index contributed by atoms with van der Waals surface area (Å²) in [6.45, 7) is 9.32. The molecule has 0 aliphatic heterocycles. The largest absolute Gasteiger partial charge is 0.506 e. The lowest BCUT2D eigenvalue weighted by atomic mass is 10.0. The Kier molecular flexibility index (Phi) is 5.57. The summed E-state index contributed by atoms with van der Waals surface area (Å²) in [6, 6.07) is 8.03. The lowest BCUT2D eigenvalue weighted by Gasteiger charge is -2.16. The number of aromatic amines is 1. The fraction of sp³-hybridized carbons (Fsp3) is 0.0526. The number of phenolic OH excluding ortho intramolecular Hbond substituents is 1. The van der Waals surface area contributed by atoms with Gasteiger partial charge in [0.1, 0.15) is 12.1 Å². The fourth-order valence-electron chi connectivity index (χ4n) is 2.54. The van der Waals surface area contributed by atoms with Crippen molar-refractivity contribution in [2.75, 3.05) is 4.72 Å². The van der Waals surface area contributed by atoms with Crippen LogP contribution in [0, 0.1) is 6.92 Å². The van der Waals surface area contributed by atoms with Crippen LogP contribution in [0.1, 0.15) is 16.7 Å². The van der Waals surface area contributed by atoms with Gasteiger partial charge >= 0.3 is 0 Å². The molecule has 3 rings (SSSR count). The van der Waals surface area contributed by atoms with Gasteiger partial charge in [0.15, 0.2) is 5.16 Å². The van der Waals surface area contributed by atoms with E-state index in [-0.39, 0.29) is 16.3 Å². The second-order valence-electron chi connectivity index (χ2n) is 5.82. The van der Waals surface area contributed by atoms with Crippen molar-refractivity contribution in [3.8, 4) is 5.75 Å². The molecule has 144 valence electrons. The topological polar surface area (TPSA) is 108 Å². The first kappa shape index (κ1) is 19.7. The minimum absolute atomic E-state index is 0.0513. The van der Waals surface area contributed by atoms with E-state index in [1.54, 1.807) is 12.1 Å². The van der Waals surface area contributed by atoms with Gasteiger partial charge in [0, 0.05) is 11.1 Å². The molecule has 1 heterocycles. The third kappa shape index (κ3) is 3.95. The quantitative estimate of drug-likeness (QED) is 0.503. The van der Waals surface area contributed by atoms with Crippen molar-refractivity contribution < 1.29 is 13.5 Å². The molecule has 0 spiro atoms. The molecule has 1 aromatic heterocycles. The van der Waals surface area contributed by atoms with Gasteiger partial charge in [0.2, 0.25) is 0 Å². The number of nitrogens with zero attached hydrogens (tertiary/aromatic N) is 2. The van der Waals surface area contributed by atoms with E-state index in [2.05, 4.69) is 33.1 Å². The van der Waals surface area contributed by atoms with Gasteiger partial charge in [-0.2, -0.15) is 5.10 Å². The average molecular weight is 415 g/mol. The molecule has 3 aromatic rings. The van der Waals surface area contributed by atoms with Crippen molar-refractivity contribution in [3.05, 3.63) is 66.5 Å². The maximum Gasteiger partial charge on any atom is 0.261 e. The van der Waals surface area contributed by atoms with E-state index in [0.717, 1.165) is 17.3 Å². The molecule has 7 nitrogen and oxygen atoms in total. The highest BCUT2D eigenvalue weighted by Gasteiger charge is 2.21. The van der Waals surface area contributed by atoms with E-state index >= 15 is 0 Å². The number of hydrogen-bond donors (Lipinski definition) is 3. The molecule has 0 bridgehead atoms. The molecular formula is C19H18N4O3S2. The van der Waals surface area contributed by atoms with Crippen molar-refractivity contribution >= 4 is 39.6 Å². The molecule has 0 aliphatic carbocycles. The van der Waals surface area contributed by atoms with Crippen LogP contribution in [0.5, 0.6) is 5.75 Å². The predicted octanol–water partition coefficient (Wildman–Crippen LogP) is 4.06. The third-order valence-corrected chi connectivity index (χ3v) is 6.23. The first-order valence-corrected chi connectivity index (χ1v) is 10.4. The highest BCUT2D eigenvalue weighted by Crippen LogP contribution is 2.41. The number of phenols is 1. The summed E-state index contributed by atoms with van der Waals surface area (Å²) in [7, 11) is -3.84. The number of rotatable bonds is 7. The van der Waals surface area contributed by atoms with E-state index in [0.29, 0.717) is 21.2 Å². The Labute approximate surface area is 167 Å². The first-order valence-electron chi connectivity index (χ1n) is 8.13. The molecule has 0 radical (unpaired) electrons. The molecular weight excluding hydrogens is 396 g/mol. The number of aryl methyl sites for hydroxylation is 1. The normalized spacial score (nSPS) is 11.2. The van der Waals surface area contributed by atoms with Crippen LogP contribution in [0.25, 0.3) is 12.2 Å². The van der Waals surface area contributed by atoms with E-state index in [1.807, 2.05) is 6.92 Å². The molecule has 0 amide bonds. The van der Waals surface area contributed by atoms with Gasteiger partial charge in [0.05, 0.1) is 15.5 Å². The summed E-state index contributed by atoms with van der Waals surface area (Å²) in [4.78, 5) is 4.53. The highest BCUT2D eigenvalue weighted by atomic mass is 32.2. The standard InChI is InChI=1S/C19H18N4O3S2/c1-4-14-15(5-2)18(24)17(27-19-20-11-21-22-19)10-16(14)23-28(25,26)13-8-6-12(3)7-9-13/h4-11,23-24H,1-2H2,3H3,(H,20,21,22). The Bertz CT molecular complexity index is 1120. The van der Waals surface area contributed by atoms with Gasteiger partial charge in [-0.3, -0.25) is 9.82 Å². The van der Waals surface area contributed by atoms with Gasteiger partial charge in [0.25, 0.3) is 10.0 Å². The summed E-state index contributed by atoms with van der Waals surface area (Å²) in [5.74, 6) is -0.0513. The van der Waals surface area contributed by atoms with Gasteiger partial charge in [-0.15, -0.1) is 0 Å². The van der Waals surface area contributed by atoms with E-state index < -0.39 is 10.0 Å². The van der Waals surface area contributed by atoms with Crippen LogP contribution in [0.2, 0.25) is 0 Å². The second kappa shape index (κ2) is 7.91. The van der Waals surface area contributed by atoms with E-state index in [1.165, 1.54) is 36.7 Å². The minimum atomic E-state index is -3.84. The van der Waals surface area contributed by atoms with Crippen LogP contribution in [0.15, 0.2) is 64.8 Å². The SMILES string of the molecule is C=Cc1c(NS(=O)(=O)c2ccc(C)cc2)cc(Sc2ncn[nH]2)c(O)c1C=C. The zero-order valence-electron chi connectivity index (χ0n) is 15.0. The Morgan fingerprint density at radius 2 is 1.86 bits per heavy atom.